The van der Waals surface area contributed by atoms with E-state index in [1.165, 1.54) is 0 Å². The van der Waals surface area contributed by atoms with Gasteiger partial charge in [0.25, 0.3) is 0 Å². The molecule has 0 heterocycles. The summed E-state index contributed by atoms with van der Waals surface area (Å²) in [5.74, 6) is -1.08. The minimum atomic E-state index is -0.763. The normalized spacial score (nSPS) is 12.1. The van der Waals surface area contributed by atoms with Gasteiger partial charge in [0.1, 0.15) is 0 Å². The van der Waals surface area contributed by atoms with E-state index < -0.39 is 5.97 Å². The van der Waals surface area contributed by atoms with E-state index in [9.17, 15) is 9.59 Å². The zero-order valence-electron chi connectivity index (χ0n) is 7.95. The summed E-state index contributed by atoms with van der Waals surface area (Å²) < 4.78 is 0. The number of hydrogen-bond acceptors (Lipinski definition) is 2. The third-order valence-corrected chi connectivity index (χ3v) is 1.98. The van der Waals surface area contributed by atoms with Crippen LogP contribution in [0.5, 0.6) is 0 Å². The van der Waals surface area contributed by atoms with Crippen molar-refractivity contribution in [1.29, 1.82) is 0 Å². The SMILES string of the molecule is CCCCC(CCNC=O)C(=O)O. The highest BCUT2D eigenvalue weighted by Crippen LogP contribution is 2.12. The maximum atomic E-state index is 10.7. The van der Waals surface area contributed by atoms with E-state index in [1.54, 1.807) is 0 Å². The van der Waals surface area contributed by atoms with Crippen molar-refractivity contribution < 1.29 is 14.7 Å². The van der Waals surface area contributed by atoms with Crippen molar-refractivity contribution >= 4 is 12.4 Å². The fourth-order valence-corrected chi connectivity index (χ4v) is 1.16. The fraction of sp³-hybridized carbons (Fsp3) is 0.778. The topological polar surface area (TPSA) is 66.4 Å². The van der Waals surface area contributed by atoms with Crippen LogP contribution in [0, 0.1) is 5.92 Å². The Morgan fingerprint density at radius 2 is 2.23 bits per heavy atom. The summed E-state index contributed by atoms with van der Waals surface area (Å²) >= 11 is 0. The molecule has 0 rings (SSSR count). The molecule has 0 aromatic carbocycles. The molecular formula is C9H17NO3. The molecule has 0 fully saturated rings. The second-order valence-electron chi connectivity index (χ2n) is 3.04. The van der Waals surface area contributed by atoms with Gasteiger partial charge in [-0.15, -0.1) is 0 Å². The van der Waals surface area contributed by atoms with Crippen molar-refractivity contribution in [1.82, 2.24) is 5.32 Å². The lowest BCUT2D eigenvalue weighted by molar-refractivity contribution is -0.142. The Morgan fingerprint density at radius 3 is 2.69 bits per heavy atom. The molecule has 0 aliphatic carbocycles. The first-order chi connectivity index (χ1) is 6.22. The van der Waals surface area contributed by atoms with Gasteiger partial charge in [-0.1, -0.05) is 19.8 Å². The van der Waals surface area contributed by atoms with Crippen LogP contribution in [-0.2, 0) is 9.59 Å². The zero-order chi connectivity index (χ0) is 10.1. The Kier molecular flexibility index (Phi) is 6.96. The summed E-state index contributed by atoms with van der Waals surface area (Å²) in [6.07, 6.45) is 3.75. The van der Waals surface area contributed by atoms with Crippen LogP contribution in [0.1, 0.15) is 32.6 Å². The molecule has 1 unspecified atom stereocenters. The van der Waals surface area contributed by atoms with Crippen LogP contribution >= 0.6 is 0 Å². The zero-order valence-corrected chi connectivity index (χ0v) is 7.95. The lowest BCUT2D eigenvalue weighted by Gasteiger charge is -2.10. The summed E-state index contributed by atoms with van der Waals surface area (Å²) in [7, 11) is 0. The number of hydrogen-bond donors (Lipinski definition) is 2. The summed E-state index contributed by atoms with van der Waals surface area (Å²) in [5, 5.41) is 11.2. The highest BCUT2D eigenvalue weighted by Gasteiger charge is 2.15. The molecule has 4 heteroatoms. The van der Waals surface area contributed by atoms with Gasteiger partial charge in [0.05, 0.1) is 5.92 Å². The van der Waals surface area contributed by atoms with Gasteiger partial charge in [-0.25, -0.2) is 0 Å². The van der Waals surface area contributed by atoms with Gasteiger partial charge in [0.15, 0.2) is 0 Å². The van der Waals surface area contributed by atoms with E-state index in [0.717, 1.165) is 12.8 Å². The number of amides is 1. The number of carboxylic acid groups (broad SMARTS) is 1. The van der Waals surface area contributed by atoms with Crippen molar-refractivity contribution in [2.24, 2.45) is 5.92 Å². The van der Waals surface area contributed by atoms with Crippen LogP contribution in [0.15, 0.2) is 0 Å². The molecule has 0 spiro atoms. The number of unbranched alkanes of at least 4 members (excludes halogenated alkanes) is 1. The van der Waals surface area contributed by atoms with Crippen molar-refractivity contribution in [2.45, 2.75) is 32.6 Å². The Morgan fingerprint density at radius 1 is 1.54 bits per heavy atom. The summed E-state index contributed by atoms with van der Waals surface area (Å²) in [4.78, 5) is 20.6. The standard InChI is InChI=1S/C9H17NO3/c1-2-3-4-8(9(12)13)5-6-10-7-11/h7-8H,2-6H2,1H3,(H,10,11)(H,12,13). The average molecular weight is 187 g/mol. The maximum absolute atomic E-state index is 10.7. The summed E-state index contributed by atoms with van der Waals surface area (Å²) in [6.45, 7) is 2.48. The summed E-state index contributed by atoms with van der Waals surface area (Å²) in [5.41, 5.74) is 0. The minimum Gasteiger partial charge on any atom is -0.481 e. The maximum Gasteiger partial charge on any atom is 0.306 e. The van der Waals surface area contributed by atoms with Gasteiger partial charge >= 0.3 is 5.97 Å². The highest BCUT2D eigenvalue weighted by atomic mass is 16.4. The third-order valence-electron chi connectivity index (χ3n) is 1.98. The molecular weight excluding hydrogens is 170 g/mol. The molecule has 0 aliphatic heterocycles. The number of carbonyl (C=O) groups excluding carboxylic acids is 1. The van der Waals surface area contributed by atoms with Gasteiger partial charge in [0.2, 0.25) is 6.41 Å². The highest BCUT2D eigenvalue weighted by molar-refractivity contribution is 5.69. The van der Waals surface area contributed by atoms with E-state index >= 15 is 0 Å². The predicted octanol–water partition coefficient (Wildman–Crippen LogP) is 1.01. The van der Waals surface area contributed by atoms with Gasteiger partial charge in [-0.3, -0.25) is 9.59 Å². The number of carbonyl (C=O) groups is 2. The predicted molar refractivity (Wildman–Crippen MR) is 49.3 cm³/mol. The Labute approximate surface area is 78.3 Å². The van der Waals surface area contributed by atoms with Crippen LogP contribution in [0.3, 0.4) is 0 Å². The molecule has 76 valence electrons. The second-order valence-corrected chi connectivity index (χ2v) is 3.04. The molecule has 0 aromatic heterocycles. The molecule has 0 radical (unpaired) electrons. The smallest absolute Gasteiger partial charge is 0.306 e. The van der Waals surface area contributed by atoms with Crippen LogP contribution in [-0.4, -0.2) is 24.0 Å². The molecule has 0 aromatic rings. The lowest BCUT2D eigenvalue weighted by Crippen LogP contribution is -2.21. The van der Waals surface area contributed by atoms with E-state index in [1.807, 2.05) is 6.92 Å². The van der Waals surface area contributed by atoms with Crippen molar-refractivity contribution in [2.75, 3.05) is 6.54 Å². The molecule has 1 atom stereocenters. The summed E-state index contributed by atoms with van der Waals surface area (Å²) in [6, 6.07) is 0. The Bertz CT molecular complexity index is 159. The van der Waals surface area contributed by atoms with Crippen molar-refractivity contribution in [3.05, 3.63) is 0 Å². The van der Waals surface area contributed by atoms with E-state index in [0.29, 0.717) is 25.8 Å². The first-order valence-corrected chi connectivity index (χ1v) is 4.62. The number of carboxylic acids is 1. The lowest BCUT2D eigenvalue weighted by atomic mass is 9.99. The molecule has 1 amide bonds. The van der Waals surface area contributed by atoms with Gasteiger partial charge in [0, 0.05) is 6.54 Å². The average Bonchev–Trinajstić information content (AvgIpc) is 2.10. The van der Waals surface area contributed by atoms with Gasteiger partial charge in [-0.05, 0) is 12.8 Å². The molecule has 0 saturated heterocycles. The minimum absolute atomic E-state index is 0.313. The van der Waals surface area contributed by atoms with E-state index in [-0.39, 0.29) is 5.92 Å². The van der Waals surface area contributed by atoms with Crippen molar-refractivity contribution in [3.8, 4) is 0 Å². The van der Waals surface area contributed by atoms with E-state index in [2.05, 4.69) is 5.32 Å². The number of nitrogens with one attached hydrogen (secondary N) is 1. The first kappa shape index (κ1) is 11.9. The largest absolute Gasteiger partial charge is 0.481 e. The van der Waals surface area contributed by atoms with E-state index in [4.69, 9.17) is 5.11 Å². The molecule has 0 saturated carbocycles. The van der Waals surface area contributed by atoms with Crippen LogP contribution < -0.4 is 5.32 Å². The monoisotopic (exact) mass is 187 g/mol. The second kappa shape index (κ2) is 7.58. The first-order valence-electron chi connectivity index (χ1n) is 4.62. The Hall–Kier alpha value is -1.06. The number of aliphatic carboxylic acids is 1. The van der Waals surface area contributed by atoms with Crippen LogP contribution in [0.4, 0.5) is 0 Å². The number of rotatable bonds is 8. The molecule has 2 N–H and O–H groups in total. The van der Waals surface area contributed by atoms with Crippen molar-refractivity contribution in [3.63, 3.8) is 0 Å². The molecule has 0 aliphatic rings. The quantitative estimate of drug-likeness (QED) is 0.440. The van der Waals surface area contributed by atoms with Gasteiger partial charge in [-0.2, -0.15) is 0 Å². The third kappa shape index (κ3) is 6.13. The Balaban J connectivity index is 3.66. The van der Waals surface area contributed by atoms with Crippen LogP contribution in [0.25, 0.3) is 0 Å². The van der Waals surface area contributed by atoms with Gasteiger partial charge < -0.3 is 10.4 Å². The molecule has 0 bridgehead atoms. The fourth-order valence-electron chi connectivity index (χ4n) is 1.16. The molecule has 4 nitrogen and oxygen atoms in total. The molecule has 13 heavy (non-hydrogen) atoms. The van der Waals surface area contributed by atoms with Crippen LogP contribution in [0.2, 0.25) is 0 Å².